The Kier molecular flexibility index (Phi) is 6.62. The molecule has 0 unspecified atom stereocenters. The number of carbonyl (C=O) groups excluding carboxylic acids is 1. The molecule has 1 aliphatic rings. The van der Waals surface area contributed by atoms with E-state index >= 15 is 0 Å². The van der Waals surface area contributed by atoms with Gasteiger partial charge in [0.15, 0.2) is 5.78 Å². The Balaban J connectivity index is 1.70. The predicted octanol–water partition coefficient (Wildman–Crippen LogP) is -0.229. The third kappa shape index (κ3) is 4.64. The van der Waals surface area contributed by atoms with E-state index in [-0.39, 0.29) is 36.6 Å². The molecule has 3 rings (SSSR count). The summed E-state index contributed by atoms with van der Waals surface area (Å²) in [5, 5.41) is 27.6. The molecule has 1 atom stereocenters. The van der Waals surface area contributed by atoms with Crippen molar-refractivity contribution in [2.75, 3.05) is 6.54 Å². The number of aromatic nitrogens is 3. The lowest BCUT2D eigenvalue weighted by molar-refractivity contribution is -0.120. The molecular weight excluding hydrogens is 377 g/mol. The van der Waals surface area contributed by atoms with Gasteiger partial charge in [0.05, 0.1) is 17.0 Å². The summed E-state index contributed by atoms with van der Waals surface area (Å²) >= 11 is 0. The van der Waals surface area contributed by atoms with Gasteiger partial charge in [-0.05, 0) is 37.4 Å². The number of rotatable bonds is 9. The summed E-state index contributed by atoms with van der Waals surface area (Å²) in [5.74, 6) is -1.60. The lowest BCUT2D eigenvalue weighted by atomic mass is 9.64. The Hall–Kier alpha value is -2.76. The van der Waals surface area contributed by atoms with Gasteiger partial charge in [-0.1, -0.05) is 17.3 Å². The molecule has 0 fully saturated rings. The lowest BCUT2D eigenvalue weighted by Gasteiger charge is -2.28. The molecule has 2 heterocycles. The van der Waals surface area contributed by atoms with Gasteiger partial charge in [0.1, 0.15) is 12.3 Å². The highest BCUT2D eigenvalue weighted by molar-refractivity contribution is 6.47. The quantitative estimate of drug-likeness (QED) is 0.415. The number of benzene rings is 1. The van der Waals surface area contributed by atoms with E-state index in [9.17, 15) is 19.7 Å². The van der Waals surface area contributed by atoms with Gasteiger partial charge in [-0.25, -0.2) is 9.48 Å². The number of aromatic carboxylic acids is 1. The number of nitrogens with two attached hydrogens (primary N) is 2. The second-order valence-electron chi connectivity index (χ2n) is 7.05. The molecule has 6 N–H and O–H groups in total. The predicted molar refractivity (Wildman–Crippen MR) is 104 cm³/mol. The maximum atomic E-state index is 12.6. The molecular formula is C18H24BN5O5. The number of hydrogen-bond donors (Lipinski definition) is 4. The molecule has 10 nitrogen and oxygen atoms in total. The van der Waals surface area contributed by atoms with Crippen LogP contribution in [0.3, 0.4) is 0 Å². The minimum Gasteiger partial charge on any atom is -0.535 e. The van der Waals surface area contributed by atoms with Crippen LogP contribution >= 0.6 is 0 Å². The number of nitrogens with zero attached hydrogens (tertiary/aromatic N) is 3. The van der Waals surface area contributed by atoms with Crippen molar-refractivity contribution in [1.82, 2.24) is 15.0 Å². The maximum Gasteiger partial charge on any atom is 0.526 e. The Morgan fingerprint density at radius 3 is 2.83 bits per heavy atom. The van der Waals surface area contributed by atoms with Crippen LogP contribution < -0.4 is 16.1 Å². The molecule has 1 aromatic heterocycles. The monoisotopic (exact) mass is 401 g/mol. The third-order valence-electron chi connectivity index (χ3n) is 5.00. The van der Waals surface area contributed by atoms with Gasteiger partial charge in [-0.15, -0.1) is 5.10 Å². The van der Waals surface area contributed by atoms with E-state index in [1.54, 1.807) is 12.1 Å². The topological polar surface area (TPSA) is 167 Å². The number of Topliss-reactive ketones (excluding diaryl/α,β-unsaturated/α-hetero) is 1. The van der Waals surface area contributed by atoms with Crippen molar-refractivity contribution in [2.45, 2.75) is 44.6 Å². The van der Waals surface area contributed by atoms with E-state index in [1.165, 1.54) is 10.7 Å². The number of carboxylic acid groups (broad SMARTS) is 1. The van der Waals surface area contributed by atoms with Crippen LogP contribution in [0.5, 0.6) is 5.75 Å². The van der Waals surface area contributed by atoms with Crippen LogP contribution in [0.1, 0.15) is 40.2 Å². The van der Waals surface area contributed by atoms with E-state index in [0.29, 0.717) is 30.6 Å². The molecule has 0 bridgehead atoms. The van der Waals surface area contributed by atoms with E-state index in [4.69, 9.17) is 16.1 Å². The van der Waals surface area contributed by atoms with Crippen molar-refractivity contribution in [3.63, 3.8) is 0 Å². The zero-order chi connectivity index (χ0) is 21.0. The number of para-hydroxylation sites is 1. The van der Waals surface area contributed by atoms with Gasteiger partial charge in [0, 0.05) is 18.8 Å². The summed E-state index contributed by atoms with van der Waals surface area (Å²) in [7, 11) is -1.26. The smallest absolute Gasteiger partial charge is 0.526 e. The van der Waals surface area contributed by atoms with Crippen LogP contribution in [0, 0.1) is 0 Å². The molecule has 11 heteroatoms. The van der Waals surface area contributed by atoms with Gasteiger partial charge in [-0.3, -0.25) is 4.79 Å². The molecule has 0 radical (unpaired) electrons. The van der Waals surface area contributed by atoms with E-state index < -0.39 is 18.9 Å². The summed E-state index contributed by atoms with van der Waals surface area (Å²) in [6.45, 7) is 0.747. The first-order valence-electron chi connectivity index (χ1n) is 9.47. The van der Waals surface area contributed by atoms with Crippen molar-refractivity contribution >= 4 is 18.9 Å². The molecule has 1 aromatic carbocycles. The van der Waals surface area contributed by atoms with E-state index in [2.05, 4.69) is 10.3 Å². The largest absolute Gasteiger partial charge is 0.535 e. The van der Waals surface area contributed by atoms with Crippen molar-refractivity contribution in [3.05, 3.63) is 40.7 Å². The number of fused-ring (bicyclic) bond motifs is 1. The molecule has 29 heavy (non-hydrogen) atoms. The lowest BCUT2D eigenvalue weighted by Crippen LogP contribution is -2.36. The highest BCUT2D eigenvalue weighted by atomic mass is 16.5. The zero-order valence-electron chi connectivity index (χ0n) is 16.0. The van der Waals surface area contributed by atoms with Crippen LogP contribution in [0.15, 0.2) is 18.2 Å². The normalized spacial score (nSPS) is 15.7. The summed E-state index contributed by atoms with van der Waals surface area (Å²) in [5.41, 5.74) is 13.3. The van der Waals surface area contributed by atoms with E-state index in [1.807, 2.05) is 0 Å². The second-order valence-corrected chi connectivity index (χ2v) is 7.05. The molecule has 1 aliphatic heterocycles. The van der Waals surface area contributed by atoms with Crippen LogP contribution in [0.25, 0.3) is 0 Å². The van der Waals surface area contributed by atoms with Gasteiger partial charge < -0.3 is 26.3 Å². The van der Waals surface area contributed by atoms with Gasteiger partial charge in [0.2, 0.25) is 0 Å². The van der Waals surface area contributed by atoms with Gasteiger partial charge in [-0.2, -0.15) is 0 Å². The summed E-state index contributed by atoms with van der Waals surface area (Å²) in [4.78, 5) is 24.0. The fourth-order valence-corrected chi connectivity index (χ4v) is 3.55. The molecule has 2 aromatic rings. The highest BCUT2D eigenvalue weighted by Crippen LogP contribution is 2.36. The van der Waals surface area contributed by atoms with E-state index in [0.717, 1.165) is 12.1 Å². The Morgan fingerprint density at radius 2 is 2.14 bits per heavy atom. The summed E-state index contributed by atoms with van der Waals surface area (Å²) < 4.78 is 6.98. The molecule has 0 spiro atoms. The van der Waals surface area contributed by atoms with Gasteiger partial charge >= 0.3 is 13.1 Å². The third-order valence-corrected chi connectivity index (χ3v) is 5.00. The van der Waals surface area contributed by atoms with Crippen LogP contribution in [-0.2, 0) is 30.7 Å². The minimum absolute atomic E-state index is 0.00667. The van der Waals surface area contributed by atoms with Crippen LogP contribution in [0.2, 0.25) is 5.82 Å². The molecule has 0 saturated carbocycles. The van der Waals surface area contributed by atoms with Crippen molar-refractivity contribution in [2.24, 2.45) is 11.5 Å². The first-order valence-corrected chi connectivity index (χ1v) is 9.47. The van der Waals surface area contributed by atoms with Crippen molar-refractivity contribution in [1.29, 1.82) is 0 Å². The SMILES string of the molecule is NCCCc1c(CN)nnn1CC(=O)C[C@H]1Cc2cccc(C(=O)O)c2OB1O. The standard InChI is InChI=1S/C18H24BN5O5/c20-6-2-5-16-15(9-21)22-23-24(16)10-13(25)8-12-7-11-3-1-4-14(18(26)27)17(11)29-19(12)28/h1,3-4,12,28H,2,5-10,20-21H2,(H,26,27)/t12-/m1/s1. The number of ketones is 1. The highest BCUT2D eigenvalue weighted by Gasteiger charge is 2.37. The average Bonchev–Trinajstić information content (AvgIpc) is 3.07. The fraction of sp³-hybridized carbons (Fsp3) is 0.444. The molecule has 154 valence electrons. The number of hydrogen-bond acceptors (Lipinski definition) is 8. The molecule has 0 aliphatic carbocycles. The Bertz CT molecular complexity index is 903. The molecule has 0 saturated heterocycles. The first kappa shape index (κ1) is 21.0. The fourth-order valence-electron chi connectivity index (χ4n) is 3.55. The van der Waals surface area contributed by atoms with Gasteiger partial charge in [0.25, 0.3) is 0 Å². The van der Waals surface area contributed by atoms with Crippen LogP contribution in [-0.4, -0.2) is 50.5 Å². The Morgan fingerprint density at radius 1 is 1.34 bits per heavy atom. The molecule has 0 amide bonds. The summed E-state index contributed by atoms with van der Waals surface area (Å²) in [6.07, 6.45) is 1.76. The number of carboxylic acids is 1. The number of carbonyl (C=O) groups is 2. The summed E-state index contributed by atoms with van der Waals surface area (Å²) in [6, 6.07) is 4.78. The van der Waals surface area contributed by atoms with Crippen molar-refractivity contribution in [3.8, 4) is 5.75 Å². The minimum atomic E-state index is -1.26. The zero-order valence-corrected chi connectivity index (χ0v) is 16.0. The maximum absolute atomic E-state index is 12.6. The Labute approximate surface area is 168 Å². The van der Waals surface area contributed by atoms with Crippen LogP contribution in [0.4, 0.5) is 0 Å². The van der Waals surface area contributed by atoms with Crippen molar-refractivity contribution < 1.29 is 24.4 Å². The second kappa shape index (κ2) is 9.16. The average molecular weight is 401 g/mol. The first-order chi connectivity index (χ1) is 13.9.